The van der Waals surface area contributed by atoms with Gasteiger partial charge in [0, 0.05) is 23.6 Å². The van der Waals surface area contributed by atoms with E-state index in [0.29, 0.717) is 25.7 Å². The van der Waals surface area contributed by atoms with E-state index < -0.39 is 77.7 Å². The van der Waals surface area contributed by atoms with Gasteiger partial charge in [0.05, 0.1) is 12.5 Å². The molecule has 0 radical (unpaired) electrons. The quantitative estimate of drug-likeness (QED) is 0.0574. The highest BCUT2D eigenvalue weighted by molar-refractivity contribution is 5.97. The molecule has 1 fully saturated rings. The monoisotopic (exact) mass is 698 g/mol. The third-order valence-electron chi connectivity index (χ3n) is 8.56. The van der Waals surface area contributed by atoms with Crippen LogP contribution in [0.4, 0.5) is 0 Å². The number of para-hydroxylation sites is 1. The Hall–Kier alpha value is -4.50. The number of aromatic amines is 1. The van der Waals surface area contributed by atoms with Gasteiger partial charge in [-0.05, 0) is 64.0 Å². The van der Waals surface area contributed by atoms with E-state index in [1.165, 1.54) is 4.90 Å². The van der Waals surface area contributed by atoms with Crippen LogP contribution < -0.4 is 33.0 Å². The number of likely N-dealkylation sites (tertiary alicyclic amines) is 1. The van der Waals surface area contributed by atoms with Crippen molar-refractivity contribution in [3.63, 3.8) is 0 Å². The molecule has 0 bridgehead atoms. The largest absolute Gasteiger partial charge is 0.460 e. The second-order valence-corrected chi connectivity index (χ2v) is 14.2. The Morgan fingerprint density at radius 1 is 1.00 bits per heavy atom. The minimum absolute atomic E-state index is 0.169. The van der Waals surface area contributed by atoms with Crippen molar-refractivity contribution in [3.05, 3.63) is 36.0 Å². The van der Waals surface area contributed by atoms with Gasteiger partial charge in [-0.2, -0.15) is 0 Å². The van der Waals surface area contributed by atoms with Crippen LogP contribution in [0.3, 0.4) is 0 Å². The summed E-state index contributed by atoms with van der Waals surface area (Å²) < 4.78 is 5.46. The molecule has 1 aliphatic rings. The number of hydrogen-bond acceptors (Lipinski definition) is 9. The molecule has 5 amide bonds. The molecule has 0 aliphatic carbocycles. The molecule has 0 unspecified atom stereocenters. The first-order valence-corrected chi connectivity index (χ1v) is 17.3. The van der Waals surface area contributed by atoms with Crippen LogP contribution in [0.1, 0.15) is 85.6 Å². The smallest absolute Gasteiger partial charge is 0.308 e. The summed E-state index contributed by atoms with van der Waals surface area (Å²) in [4.78, 5) is 84.2. The van der Waals surface area contributed by atoms with Crippen molar-refractivity contribution in [2.24, 2.45) is 17.5 Å². The average molecular weight is 699 g/mol. The maximum Gasteiger partial charge on any atom is 0.308 e. The number of H-pyrrole nitrogens is 1. The number of hydrazine groups is 1. The molecule has 15 heteroatoms. The summed E-state index contributed by atoms with van der Waals surface area (Å²) in [6, 6.07) is 2.30. The van der Waals surface area contributed by atoms with Gasteiger partial charge in [0.25, 0.3) is 5.91 Å². The van der Waals surface area contributed by atoms with E-state index in [9.17, 15) is 28.8 Å². The number of unbranched alkanes of at least 4 members (excludes halogenated alkanes) is 1. The van der Waals surface area contributed by atoms with E-state index in [1.807, 2.05) is 31.2 Å². The zero-order valence-corrected chi connectivity index (χ0v) is 30.0. The van der Waals surface area contributed by atoms with Crippen LogP contribution in [0.25, 0.3) is 10.9 Å². The van der Waals surface area contributed by atoms with Crippen molar-refractivity contribution in [3.8, 4) is 0 Å². The number of nitrogens with one attached hydrogen (secondary N) is 5. The molecule has 1 saturated heterocycles. The fourth-order valence-corrected chi connectivity index (χ4v) is 5.99. The normalized spacial score (nSPS) is 17.1. The van der Waals surface area contributed by atoms with Crippen LogP contribution in [0.5, 0.6) is 0 Å². The van der Waals surface area contributed by atoms with Gasteiger partial charge in [-0.1, -0.05) is 51.8 Å². The molecule has 2 aromatic rings. The summed E-state index contributed by atoms with van der Waals surface area (Å²) in [7, 11) is 0. The third kappa shape index (κ3) is 11.0. The number of ether oxygens (including phenoxy) is 1. The van der Waals surface area contributed by atoms with Crippen LogP contribution in [0.2, 0.25) is 0 Å². The highest BCUT2D eigenvalue weighted by atomic mass is 16.6. The first-order valence-electron chi connectivity index (χ1n) is 17.3. The van der Waals surface area contributed by atoms with Crippen molar-refractivity contribution >= 4 is 46.4 Å². The topological polar surface area (TPSA) is 231 Å². The number of esters is 1. The lowest BCUT2D eigenvalue weighted by atomic mass is 10.0. The van der Waals surface area contributed by atoms with Gasteiger partial charge in [0.1, 0.15) is 29.8 Å². The van der Waals surface area contributed by atoms with Crippen LogP contribution in [0, 0.1) is 5.92 Å². The molecule has 1 aromatic carbocycles. The number of carbonyl (C=O) groups is 6. The van der Waals surface area contributed by atoms with E-state index in [1.54, 1.807) is 40.8 Å². The lowest BCUT2D eigenvalue weighted by Gasteiger charge is -2.31. The molecule has 0 saturated carbocycles. The molecule has 15 nitrogen and oxygen atoms in total. The standard InChI is InChI=1S/C35H54N8O7/c1-7-8-13-25(31(46)42-37)39-33(48)29(20(2)3)41-32(47)27-15-11-16-43(27)34(49)26(18-28(44)50-35(4,5)6)40-30(45)23(36)17-21-19-38-24-14-10-9-12-22(21)24/h9-10,12,14,19-20,23,25-27,29,38H,7-8,11,13,15-18,36-37H2,1-6H3,(H,39,48)(H,40,45)(H,41,47)(H,42,46)/t23-,25+,26-,27+,29-/m1/s1. The number of hydrogen-bond donors (Lipinski definition) is 7. The van der Waals surface area contributed by atoms with E-state index >= 15 is 0 Å². The van der Waals surface area contributed by atoms with Gasteiger partial charge in [0.15, 0.2) is 0 Å². The Balaban J connectivity index is 1.77. The number of nitrogens with zero attached hydrogens (tertiary/aromatic N) is 1. The van der Waals surface area contributed by atoms with Crippen LogP contribution in [0.15, 0.2) is 30.5 Å². The summed E-state index contributed by atoms with van der Waals surface area (Å²) in [6.45, 7) is 10.7. The molecule has 2 heterocycles. The summed E-state index contributed by atoms with van der Waals surface area (Å²) in [6.07, 6.45) is 4.07. The first-order chi connectivity index (χ1) is 23.6. The maximum absolute atomic E-state index is 14.1. The Morgan fingerprint density at radius 2 is 1.68 bits per heavy atom. The van der Waals surface area contributed by atoms with Crippen LogP contribution in [-0.4, -0.2) is 87.7 Å². The predicted octanol–water partition coefficient (Wildman–Crippen LogP) is 1.05. The third-order valence-corrected chi connectivity index (χ3v) is 8.56. The highest BCUT2D eigenvalue weighted by Gasteiger charge is 2.41. The summed E-state index contributed by atoms with van der Waals surface area (Å²) in [5.41, 5.74) is 9.24. The fraction of sp³-hybridized carbons (Fsp3) is 0.600. The van der Waals surface area contributed by atoms with E-state index in [0.717, 1.165) is 22.9 Å². The minimum Gasteiger partial charge on any atom is -0.460 e. The lowest BCUT2D eigenvalue weighted by molar-refractivity contribution is -0.157. The number of rotatable bonds is 16. The van der Waals surface area contributed by atoms with Crippen LogP contribution >= 0.6 is 0 Å². The minimum atomic E-state index is -1.36. The average Bonchev–Trinajstić information content (AvgIpc) is 3.71. The van der Waals surface area contributed by atoms with Gasteiger partial charge in [-0.25, -0.2) is 5.84 Å². The molecule has 3 rings (SSSR count). The molecular formula is C35H54N8O7. The molecule has 5 atom stereocenters. The zero-order valence-electron chi connectivity index (χ0n) is 30.0. The van der Waals surface area contributed by atoms with Crippen LogP contribution in [-0.2, 0) is 39.9 Å². The van der Waals surface area contributed by atoms with Gasteiger partial charge in [-0.15, -0.1) is 0 Å². The number of amides is 5. The zero-order chi connectivity index (χ0) is 37.2. The molecule has 276 valence electrons. The van der Waals surface area contributed by atoms with Gasteiger partial charge in [-0.3, -0.25) is 34.2 Å². The van der Waals surface area contributed by atoms with Crippen molar-refractivity contribution in [1.29, 1.82) is 0 Å². The number of aromatic nitrogens is 1. The molecule has 50 heavy (non-hydrogen) atoms. The summed E-state index contributed by atoms with van der Waals surface area (Å²) in [5, 5.41) is 9.02. The number of carbonyl (C=O) groups excluding carboxylic acids is 6. The second kappa shape index (κ2) is 17.9. The molecule has 1 aromatic heterocycles. The molecule has 1 aliphatic heterocycles. The predicted molar refractivity (Wildman–Crippen MR) is 188 cm³/mol. The van der Waals surface area contributed by atoms with Crippen molar-refractivity contribution in [1.82, 2.24) is 31.3 Å². The molecular weight excluding hydrogens is 644 g/mol. The number of benzene rings is 1. The summed E-state index contributed by atoms with van der Waals surface area (Å²) in [5.74, 6) is 1.27. The maximum atomic E-state index is 14.1. The SMILES string of the molecule is CCCC[C@H](NC(=O)[C@H](NC(=O)[C@@H]1CCCN1C(=O)[C@@H](CC(=O)OC(C)(C)C)NC(=O)[C@H](N)Cc1c[nH]c2ccccc12)C(C)C)C(=O)NN. The lowest BCUT2D eigenvalue weighted by Crippen LogP contribution is -2.60. The highest BCUT2D eigenvalue weighted by Crippen LogP contribution is 2.22. The second-order valence-electron chi connectivity index (χ2n) is 14.2. The van der Waals surface area contributed by atoms with E-state index in [2.05, 4.69) is 26.4 Å². The van der Waals surface area contributed by atoms with Crippen molar-refractivity contribution in [2.75, 3.05) is 6.54 Å². The number of fused-ring (bicyclic) bond motifs is 1. The first kappa shape index (κ1) is 39.9. The Labute approximate surface area is 293 Å². The van der Waals surface area contributed by atoms with Gasteiger partial charge < -0.3 is 36.3 Å². The number of nitrogens with two attached hydrogens (primary N) is 2. The molecule has 9 N–H and O–H groups in total. The van der Waals surface area contributed by atoms with Crippen molar-refractivity contribution < 1.29 is 33.5 Å². The fourth-order valence-electron chi connectivity index (χ4n) is 5.99. The van der Waals surface area contributed by atoms with E-state index in [-0.39, 0.29) is 18.9 Å². The summed E-state index contributed by atoms with van der Waals surface area (Å²) >= 11 is 0. The van der Waals surface area contributed by atoms with E-state index in [4.69, 9.17) is 16.3 Å². The molecule has 0 spiro atoms. The van der Waals surface area contributed by atoms with Gasteiger partial charge in [0.2, 0.25) is 23.6 Å². The van der Waals surface area contributed by atoms with Crippen molar-refractivity contribution in [2.45, 2.75) is 122 Å². The van der Waals surface area contributed by atoms with Gasteiger partial charge >= 0.3 is 5.97 Å². The Morgan fingerprint density at radius 3 is 2.32 bits per heavy atom. The Kier molecular flexibility index (Phi) is 14.3. The Bertz CT molecular complexity index is 1520.